The molecule has 0 bridgehead atoms. The monoisotopic (exact) mass is 264 g/mol. The average Bonchev–Trinajstić information content (AvgIpc) is 2.48. The first-order valence-corrected chi connectivity index (χ1v) is 6.53. The number of pyridine rings is 2. The normalized spacial score (nSPS) is 10.5. The molecule has 3 rings (SSSR count). The highest BCUT2D eigenvalue weighted by atomic mass is 15.0. The molecule has 4 nitrogen and oxygen atoms in total. The van der Waals surface area contributed by atoms with Gasteiger partial charge in [0.1, 0.15) is 5.82 Å². The summed E-state index contributed by atoms with van der Waals surface area (Å²) in [5, 5.41) is 7.57. The molecule has 0 saturated heterocycles. The van der Waals surface area contributed by atoms with E-state index in [4.69, 9.17) is 0 Å². The number of anilines is 3. The van der Waals surface area contributed by atoms with Crippen molar-refractivity contribution in [2.24, 2.45) is 0 Å². The zero-order valence-corrected chi connectivity index (χ0v) is 11.5. The maximum absolute atomic E-state index is 4.62. The zero-order valence-electron chi connectivity index (χ0n) is 11.5. The molecule has 2 heterocycles. The summed E-state index contributed by atoms with van der Waals surface area (Å²) < 4.78 is 0. The summed E-state index contributed by atoms with van der Waals surface area (Å²) in [5.41, 5.74) is 3.98. The molecule has 3 aromatic rings. The van der Waals surface area contributed by atoms with Crippen molar-refractivity contribution in [3.63, 3.8) is 0 Å². The second kappa shape index (κ2) is 5.17. The predicted molar refractivity (Wildman–Crippen MR) is 83.5 cm³/mol. The van der Waals surface area contributed by atoms with Crippen LogP contribution in [0.15, 0.2) is 48.7 Å². The van der Waals surface area contributed by atoms with Gasteiger partial charge >= 0.3 is 0 Å². The fraction of sp³-hybridized carbons (Fsp3) is 0.125. The molecule has 0 amide bonds. The Morgan fingerprint density at radius 1 is 1.05 bits per heavy atom. The third-order valence-corrected chi connectivity index (χ3v) is 3.15. The fourth-order valence-electron chi connectivity index (χ4n) is 2.15. The number of rotatable bonds is 3. The molecule has 0 atom stereocenters. The number of aromatic nitrogens is 2. The Balaban J connectivity index is 2.03. The van der Waals surface area contributed by atoms with Crippen LogP contribution in [0.3, 0.4) is 0 Å². The number of aryl methyl sites for hydroxylation is 1. The topological polar surface area (TPSA) is 49.8 Å². The third-order valence-electron chi connectivity index (χ3n) is 3.15. The van der Waals surface area contributed by atoms with Gasteiger partial charge in [-0.15, -0.1) is 0 Å². The summed E-state index contributed by atoms with van der Waals surface area (Å²) >= 11 is 0. The summed E-state index contributed by atoms with van der Waals surface area (Å²) in [6, 6.07) is 14.2. The Hall–Kier alpha value is -2.62. The van der Waals surface area contributed by atoms with E-state index in [1.165, 1.54) is 0 Å². The smallest absolute Gasteiger partial charge is 0.127 e. The van der Waals surface area contributed by atoms with Crippen LogP contribution in [0.5, 0.6) is 0 Å². The van der Waals surface area contributed by atoms with Crippen LogP contribution in [0.1, 0.15) is 5.69 Å². The summed E-state index contributed by atoms with van der Waals surface area (Å²) in [4.78, 5) is 8.83. The van der Waals surface area contributed by atoms with Crippen molar-refractivity contribution in [2.45, 2.75) is 6.92 Å². The van der Waals surface area contributed by atoms with E-state index in [9.17, 15) is 0 Å². The molecule has 0 spiro atoms. The van der Waals surface area contributed by atoms with Gasteiger partial charge in [-0.25, -0.2) is 4.98 Å². The van der Waals surface area contributed by atoms with Gasteiger partial charge in [-0.05, 0) is 25.1 Å². The van der Waals surface area contributed by atoms with Crippen LogP contribution in [0, 0.1) is 6.92 Å². The third kappa shape index (κ3) is 2.40. The number of hydrogen-bond acceptors (Lipinski definition) is 4. The van der Waals surface area contributed by atoms with Crippen LogP contribution in [0.25, 0.3) is 10.9 Å². The summed E-state index contributed by atoms with van der Waals surface area (Å²) in [6.07, 6.45) is 1.78. The van der Waals surface area contributed by atoms with Gasteiger partial charge in [0, 0.05) is 36.1 Å². The molecule has 1 aromatic carbocycles. The predicted octanol–water partition coefficient (Wildman–Crippen LogP) is 3.72. The Morgan fingerprint density at radius 2 is 1.95 bits per heavy atom. The number of benzene rings is 1. The average molecular weight is 264 g/mol. The van der Waals surface area contributed by atoms with Gasteiger partial charge in [-0.2, -0.15) is 0 Å². The van der Waals surface area contributed by atoms with E-state index in [0.717, 1.165) is 33.8 Å². The highest BCUT2D eigenvalue weighted by Gasteiger charge is 2.03. The summed E-state index contributed by atoms with van der Waals surface area (Å²) in [7, 11) is 1.86. The van der Waals surface area contributed by atoms with Crippen molar-refractivity contribution < 1.29 is 0 Å². The molecule has 0 saturated carbocycles. The van der Waals surface area contributed by atoms with Crippen molar-refractivity contribution in [1.29, 1.82) is 0 Å². The maximum Gasteiger partial charge on any atom is 0.127 e. The number of para-hydroxylation sites is 1. The van der Waals surface area contributed by atoms with E-state index in [0.29, 0.717) is 0 Å². The van der Waals surface area contributed by atoms with Gasteiger partial charge in [-0.1, -0.05) is 18.2 Å². The summed E-state index contributed by atoms with van der Waals surface area (Å²) in [5.74, 6) is 0.833. The molecule has 2 N–H and O–H groups in total. The molecule has 0 fully saturated rings. The molecule has 100 valence electrons. The molecule has 0 unspecified atom stereocenters. The molecule has 0 radical (unpaired) electrons. The van der Waals surface area contributed by atoms with Gasteiger partial charge in [0.25, 0.3) is 0 Å². The second-order valence-electron chi connectivity index (χ2n) is 4.63. The van der Waals surface area contributed by atoms with Crippen LogP contribution in [0.2, 0.25) is 0 Å². The zero-order chi connectivity index (χ0) is 13.9. The number of fused-ring (bicyclic) bond motifs is 1. The lowest BCUT2D eigenvalue weighted by molar-refractivity contribution is 1.25. The van der Waals surface area contributed by atoms with Crippen molar-refractivity contribution >= 4 is 28.1 Å². The molecule has 0 aliphatic heterocycles. The first kappa shape index (κ1) is 12.4. The standard InChI is InChI=1S/C16H16N4/c1-11-6-7-12-4-3-5-14(16(12)19-11)20-13-8-9-18-15(10-13)17-2/h3-10H,1-2H3,(H2,17,18,20). The van der Waals surface area contributed by atoms with E-state index in [-0.39, 0.29) is 0 Å². The van der Waals surface area contributed by atoms with Crippen LogP contribution in [-0.4, -0.2) is 17.0 Å². The van der Waals surface area contributed by atoms with Crippen molar-refractivity contribution in [2.75, 3.05) is 17.7 Å². The molecule has 4 heteroatoms. The Bertz CT molecular complexity index is 752. The molecule has 20 heavy (non-hydrogen) atoms. The first-order valence-electron chi connectivity index (χ1n) is 6.53. The van der Waals surface area contributed by atoms with E-state index in [2.05, 4.69) is 32.7 Å². The van der Waals surface area contributed by atoms with E-state index in [1.807, 2.05) is 44.3 Å². The maximum atomic E-state index is 4.62. The largest absolute Gasteiger partial charge is 0.373 e. The lowest BCUT2D eigenvalue weighted by Crippen LogP contribution is -1.96. The van der Waals surface area contributed by atoms with Crippen molar-refractivity contribution in [1.82, 2.24) is 9.97 Å². The summed E-state index contributed by atoms with van der Waals surface area (Å²) in [6.45, 7) is 2.00. The van der Waals surface area contributed by atoms with Gasteiger partial charge < -0.3 is 10.6 Å². The Labute approximate surface area is 117 Å². The molecule has 0 aliphatic rings. The van der Waals surface area contributed by atoms with E-state index >= 15 is 0 Å². The number of nitrogens with one attached hydrogen (secondary N) is 2. The number of nitrogens with zero attached hydrogens (tertiary/aromatic N) is 2. The van der Waals surface area contributed by atoms with Crippen molar-refractivity contribution in [3.05, 3.63) is 54.4 Å². The van der Waals surface area contributed by atoms with Crippen LogP contribution >= 0.6 is 0 Å². The minimum Gasteiger partial charge on any atom is -0.373 e. The van der Waals surface area contributed by atoms with E-state index in [1.54, 1.807) is 6.20 Å². The minimum absolute atomic E-state index is 0.833. The van der Waals surface area contributed by atoms with Gasteiger partial charge in [0.05, 0.1) is 11.2 Å². The van der Waals surface area contributed by atoms with Gasteiger partial charge in [0.2, 0.25) is 0 Å². The highest BCUT2D eigenvalue weighted by Crippen LogP contribution is 2.25. The first-order chi connectivity index (χ1) is 9.76. The highest BCUT2D eigenvalue weighted by molar-refractivity contribution is 5.92. The van der Waals surface area contributed by atoms with Crippen LogP contribution in [-0.2, 0) is 0 Å². The molecular formula is C16H16N4. The fourth-order valence-corrected chi connectivity index (χ4v) is 2.15. The lowest BCUT2D eigenvalue weighted by atomic mass is 10.1. The second-order valence-corrected chi connectivity index (χ2v) is 4.63. The minimum atomic E-state index is 0.833. The lowest BCUT2D eigenvalue weighted by Gasteiger charge is -2.10. The van der Waals surface area contributed by atoms with E-state index < -0.39 is 0 Å². The van der Waals surface area contributed by atoms with Gasteiger partial charge in [-0.3, -0.25) is 4.98 Å². The SMILES string of the molecule is CNc1cc(Nc2cccc3ccc(C)nc23)ccn1. The Morgan fingerprint density at radius 3 is 2.80 bits per heavy atom. The Kier molecular flexibility index (Phi) is 3.21. The van der Waals surface area contributed by atoms with Crippen LogP contribution in [0.4, 0.5) is 17.2 Å². The van der Waals surface area contributed by atoms with Crippen LogP contribution < -0.4 is 10.6 Å². The molecule has 0 aliphatic carbocycles. The van der Waals surface area contributed by atoms with Crippen molar-refractivity contribution in [3.8, 4) is 0 Å². The number of hydrogen-bond donors (Lipinski definition) is 2. The van der Waals surface area contributed by atoms with Gasteiger partial charge in [0.15, 0.2) is 0 Å². The molecule has 2 aromatic heterocycles. The molecular weight excluding hydrogens is 248 g/mol. The quantitative estimate of drug-likeness (QED) is 0.757.